The molecule has 0 aromatic heterocycles. The van der Waals surface area contributed by atoms with E-state index in [9.17, 15) is 24.0 Å². The summed E-state index contributed by atoms with van der Waals surface area (Å²) in [5.74, 6) is -2.65. The highest BCUT2D eigenvalue weighted by Gasteiger charge is 2.40. The molecule has 2 aromatic rings. The van der Waals surface area contributed by atoms with Crippen LogP contribution in [-0.2, 0) is 26.3 Å². The zero-order chi connectivity index (χ0) is 23.3. The summed E-state index contributed by atoms with van der Waals surface area (Å²) in [6.07, 6.45) is 2.65. The van der Waals surface area contributed by atoms with Gasteiger partial charge in [0.05, 0.1) is 0 Å². The van der Waals surface area contributed by atoms with Crippen LogP contribution in [0, 0.1) is 0 Å². The number of rotatable bonds is 5. The van der Waals surface area contributed by atoms with E-state index in [0.29, 0.717) is 22.4 Å². The summed E-state index contributed by atoms with van der Waals surface area (Å²) < 4.78 is 0. The molecule has 2 heterocycles. The van der Waals surface area contributed by atoms with Crippen molar-refractivity contribution in [3.05, 3.63) is 64.7 Å². The highest BCUT2D eigenvalue weighted by molar-refractivity contribution is 6.46. The number of imide groups is 1. The van der Waals surface area contributed by atoms with Crippen molar-refractivity contribution in [1.82, 2.24) is 10.2 Å². The maximum absolute atomic E-state index is 12.9. The molecule has 1 atom stereocenters. The van der Waals surface area contributed by atoms with Gasteiger partial charge < -0.3 is 10.2 Å². The molecule has 1 saturated heterocycles. The molecule has 0 bridgehead atoms. The number of fused-ring (bicyclic) bond motifs is 1. The third-order valence-corrected chi connectivity index (χ3v) is 6.88. The Hall–Kier alpha value is -3.81. The summed E-state index contributed by atoms with van der Waals surface area (Å²) in [6, 6.07) is 11.2. The van der Waals surface area contributed by atoms with Gasteiger partial charge in [0, 0.05) is 35.3 Å². The van der Waals surface area contributed by atoms with E-state index in [-0.39, 0.29) is 36.6 Å². The number of nitrogens with one attached hydrogen (secondary N) is 2. The lowest BCUT2D eigenvalue weighted by Gasteiger charge is -2.29. The van der Waals surface area contributed by atoms with E-state index in [4.69, 9.17) is 0 Å². The van der Waals surface area contributed by atoms with Crippen LogP contribution in [-0.4, -0.2) is 40.4 Å². The van der Waals surface area contributed by atoms with Gasteiger partial charge in [0.2, 0.25) is 11.8 Å². The van der Waals surface area contributed by atoms with Crippen molar-refractivity contribution in [2.45, 2.75) is 50.6 Å². The molecule has 2 fully saturated rings. The SMILES string of the molecule is CC1(c2ccc(C(=O)C(=O)Nc3cccc4c3CN(C3CCC(=O)NC3=O)C4=O)cc2)CC1. The Morgan fingerprint density at radius 1 is 1.06 bits per heavy atom. The highest BCUT2D eigenvalue weighted by atomic mass is 16.2. The van der Waals surface area contributed by atoms with E-state index in [1.807, 2.05) is 12.1 Å². The van der Waals surface area contributed by atoms with E-state index in [2.05, 4.69) is 17.6 Å². The van der Waals surface area contributed by atoms with Gasteiger partial charge in [-0.1, -0.05) is 37.3 Å². The maximum Gasteiger partial charge on any atom is 0.296 e. The van der Waals surface area contributed by atoms with E-state index >= 15 is 0 Å². The molecule has 1 aliphatic carbocycles. The normalized spacial score (nSPS) is 20.8. The summed E-state index contributed by atoms with van der Waals surface area (Å²) >= 11 is 0. The molecule has 8 heteroatoms. The Bertz CT molecular complexity index is 1210. The molecular formula is C25H23N3O5. The minimum atomic E-state index is -0.791. The Morgan fingerprint density at radius 2 is 1.79 bits per heavy atom. The van der Waals surface area contributed by atoms with Gasteiger partial charge >= 0.3 is 0 Å². The first-order chi connectivity index (χ1) is 15.8. The third-order valence-electron chi connectivity index (χ3n) is 6.88. The molecule has 2 aliphatic heterocycles. The van der Waals surface area contributed by atoms with Crippen LogP contribution in [0.4, 0.5) is 5.69 Å². The number of carbonyl (C=O) groups is 5. The molecule has 168 valence electrons. The van der Waals surface area contributed by atoms with Crippen molar-refractivity contribution in [3.63, 3.8) is 0 Å². The fourth-order valence-corrected chi connectivity index (χ4v) is 4.51. The first kappa shape index (κ1) is 21.1. The third kappa shape index (κ3) is 3.71. The van der Waals surface area contributed by atoms with Gasteiger partial charge in [-0.3, -0.25) is 29.3 Å². The average Bonchev–Trinajstić information content (AvgIpc) is 3.47. The first-order valence-corrected chi connectivity index (χ1v) is 11.0. The molecule has 0 spiro atoms. The lowest BCUT2D eigenvalue weighted by molar-refractivity contribution is -0.137. The molecule has 1 saturated carbocycles. The molecular weight excluding hydrogens is 422 g/mol. The number of hydrogen-bond acceptors (Lipinski definition) is 5. The van der Waals surface area contributed by atoms with Crippen LogP contribution in [0.5, 0.6) is 0 Å². The average molecular weight is 445 g/mol. The van der Waals surface area contributed by atoms with Gasteiger partial charge in [-0.25, -0.2) is 0 Å². The van der Waals surface area contributed by atoms with E-state index in [1.54, 1.807) is 30.3 Å². The number of piperidine rings is 1. The predicted octanol–water partition coefficient (Wildman–Crippen LogP) is 2.32. The molecule has 2 N–H and O–H groups in total. The monoisotopic (exact) mass is 445 g/mol. The van der Waals surface area contributed by atoms with Crippen molar-refractivity contribution in [2.75, 3.05) is 5.32 Å². The lowest BCUT2D eigenvalue weighted by Crippen LogP contribution is -2.52. The van der Waals surface area contributed by atoms with Crippen LogP contribution in [0.15, 0.2) is 42.5 Å². The van der Waals surface area contributed by atoms with Crippen molar-refractivity contribution >= 4 is 35.1 Å². The zero-order valence-electron chi connectivity index (χ0n) is 18.1. The first-order valence-electron chi connectivity index (χ1n) is 11.0. The van der Waals surface area contributed by atoms with E-state index < -0.39 is 23.6 Å². The van der Waals surface area contributed by atoms with Crippen LogP contribution < -0.4 is 10.6 Å². The van der Waals surface area contributed by atoms with Crippen LogP contribution in [0.25, 0.3) is 0 Å². The number of ketones is 1. The fourth-order valence-electron chi connectivity index (χ4n) is 4.51. The van der Waals surface area contributed by atoms with Gasteiger partial charge in [-0.05, 0) is 42.4 Å². The number of anilines is 1. The minimum Gasteiger partial charge on any atom is -0.322 e. The summed E-state index contributed by atoms with van der Waals surface area (Å²) in [6.45, 7) is 2.28. The summed E-state index contributed by atoms with van der Waals surface area (Å²) in [4.78, 5) is 63.4. The predicted molar refractivity (Wildman–Crippen MR) is 118 cm³/mol. The van der Waals surface area contributed by atoms with Crippen molar-refractivity contribution in [3.8, 4) is 0 Å². The van der Waals surface area contributed by atoms with Gasteiger partial charge in [0.15, 0.2) is 0 Å². The van der Waals surface area contributed by atoms with Crippen LogP contribution in [0.2, 0.25) is 0 Å². The van der Waals surface area contributed by atoms with Gasteiger partial charge in [0.25, 0.3) is 17.6 Å². The summed E-state index contributed by atoms with van der Waals surface area (Å²) in [5.41, 5.74) is 2.91. The molecule has 2 aromatic carbocycles. The Morgan fingerprint density at radius 3 is 2.45 bits per heavy atom. The zero-order valence-corrected chi connectivity index (χ0v) is 18.1. The Labute approximate surface area is 190 Å². The van der Waals surface area contributed by atoms with Crippen LogP contribution in [0.1, 0.15) is 64.4 Å². The number of nitrogens with zero attached hydrogens (tertiary/aromatic N) is 1. The van der Waals surface area contributed by atoms with E-state index in [0.717, 1.165) is 18.4 Å². The number of amides is 4. The summed E-state index contributed by atoms with van der Waals surface area (Å²) in [7, 11) is 0. The fraction of sp³-hybridized carbons (Fsp3) is 0.320. The van der Waals surface area contributed by atoms with Crippen LogP contribution >= 0.6 is 0 Å². The molecule has 4 amide bonds. The van der Waals surface area contributed by atoms with Crippen molar-refractivity contribution in [1.29, 1.82) is 0 Å². The number of hydrogen-bond donors (Lipinski definition) is 2. The van der Waals surface area contributed by atoms with Gasteiger partial charge in [-0.2, -0.15) is 0 Å². The minimum absolute atomic E-state index is 0.109. The topological polar surface area (TPSA) is 113 Å². The largest absolute Gasteiger partial charge is 0.322 e. The van der Waals surface area contributed by atoms with Gasteiger partial charge in [-0.15, -0.1) is 0 Å². The number of carbonyl (C=O) groups excluding carboxylic acids is 5. The lowest BCUT2D eigenvalue weighted by atomic mass is 9.96. The molecule has 1 unspecified atom stereocenters. The standard InChI is InChI=1S/C25H23N3O5/c1-25(11-12-25)15-7-5-14(6-8-15)21(30)23(32)26-18-4-2-3-16-17(18)13-28(24(16)33)19-9-10-20(29)27-22(19)31/h2-8,19H,9-13H2,1H3,(H,26,32)(H,27,29,31). The Kier molecular flexibility index (Phi) is 4.88. The second-order valence-electron chi connectivity index (χ2n) is 9.15. The van der Waals surface area contributed by atoms with E-state index in [1.165, 1.54) is 4.90 Å². The van der Waals surface area contributed by atoms with Crippen molar-refractivity contribution < 1.29 is 24.0 Å². The highest BCUT2D eigenvalue weighted by Crippen LogP contribution is 2.47. The van der Waals surface area contributed by atoms with Crippen molar-refractivity contribution in [2.24, 2.45) is 0 Å². The summed E-state index contributed by atoms with van der Waals surface area (Å²) in [5, 5.41) is 4.90. The smallest absolute Gasteiger partial charge is 0.296 e. The second-order valence-corrected chi connectivity index (χ2v) is 9.15. The van der Waals surface area contributed by atoms with Gasteiger partial charge in [0.1, 0.15) is 6.04 Å². The molecule has 0 radical (unpaired) electrons. The second kappa shape index (κ2) is 7.65. The molecule has 33 heavy (non-hydrogen) atoms. The molecule has 5 rings (SSSR count). The number of Topliss-reactive ketones (excluding diaryl/α,β-unsaturated/α-hetero) is 1. The molecule has 8 nitrogen and oxygen atoms in total. The molecule has 3 aliphatic rings. The number of benzene rings is 2. The van der Waals surface area contributed by atoms with Crippen LogP contribution in [0.3, 0.4) is 0 Å². The Balaban J connectivity index is 1.32. The maximum atomic E-state index is 12.9. The quantitative estimate of drug-likeness (QED) is 0.417.